The van der Waals surface area contributed by atoms with E-state index in [9.17, 15) is 13.2 Å². The fraction of sp³-hybridized carbons (Fsp3) is 0.538. The molecule has 4 rings (SSSR count). The lowest BCUT2D eigenvalue weighted by Gasteiger charge is -2.28. The van der Waals surface area contributed by atoms with Gasteiger partial charge in [-0.15, -0.1) is 0 Å². The van der Waals surface area contributed by atoms with Crippen molar-refractivity contribution < 1.29 is 13.2 Å². The molecule has 0 saturated carbocycles. The molecule has 1 aliphatic heterocycles. The zero-order chi connectivity index (χ0) is 27.3. The van der Waals surface area contributed by atoms with Gasteiger partial charge in [0.2, 0.25) is 10.0 Å². The number of sulfonamides is 1. The number of rotatable bonds is 11. The molecular weight excluding hydrogens is 522 g/mol. The topological polar surface area (TPSA) is 113 Å². The average Bonchev–Trinajstić information content (AvgIpc) is 3.31. The van der Waals surface area contributed by atoms with Crippen LogP contribution in [0.4, 0.5) is 5.82 Å². The summed E-state index contributed by atoms with van der Waals surface area (Å²) in [5, 5.41) is 9.49. The molecule has 0 aliphatic carbocycles. The number of hydrogen-bond donors (Lipinski definition) is 1. The quantitative estimate of drug-likeness (QED) is 0.279. The minimum atomic E-state index is -3.56. The Kier molecular flexibility index (Phi) is 9.27. The molecular formula is C26H37N7O3S2. The van der Waals surface area contributed by atoms with Crippen LogP contribution >= 0.6 is 11.8 Å². The van der Waals surface area contributed by atoms with Gasteiger partial charge in [0, 0.05) is 43.5 Å². The van der Waals surface area contributed by atoms with E-state index in [0.717, 1.165) is 47.9 Å². The van der Waals surface area contributed by atoms with Crippen LogP contribution in [0.3, 0.4) is 0 Å². The van der Waals surface area contributed by atoms with Crippen LogP contribution < -0.4 is 10.2 Å². The first kappa shape index (κ1) is 28.3. The maximum absolute atomic E-state index is 12.7. The number of nitrogens with zero attached hydrogens (tertiary/aromatic N) is 6. The molecule has 1 saturated heterocycles. The van der Waals surface area contributed by atoms with Crippen LogP contribution in [0.2, 0.25) is 0 Å². The number of benzene rings is 1. The van der Waals surface area contributed by atoms with Crippen molar-refractivity contribution in [2.24, 2.45) is 0 Å². The summed E-state index contributed by atoms with van der Waals surface area (Å²) in [5.74, 6) is 0.667. The molecule has 38 heavy (non-hydrogen) atoms. The number of fused-ring (bicyclic) bond motifs is 1. The summed E-state index contributed by atoms with van der Waals surface area (Å²) in [6, 6.07) is 6.05. The van der Waals surface area contributed by atoms with E-state index in [1.165, 1.54) is 22.9 Å². The van der Waals surface area contributed by atoms with E-state index < -0.39 is 10.0 Å². The van der Waals surface area contributed by atoms with Crippen molar-refractivity contribution >= 4 is 44.5 Å². The number of carbonyl (C=O) groups is 1. The summed E-state index contributed by atoms with van der Waals surface area (Å²) < 4.78 is 28.6. The summed E-state index contributed by atoms with van der Waals surface area (Å²) in [7, 11) is -3.56. The largest absolute Gasteiger partial charge is 0.356 e. The Labute approximate surface area is 229 Å². The number of thioether (sulfide) groups is 1. The highest BCUT2D eigenvalue weighted by Gasteiger charge is 2.22. The summed E-state index contributed by atoms with van der Waals surface area (Å²) >= 11 is 1.63. The van der Waals surface area contributed by atoms with Gasteiger partial charge in [-0.25, -0.2) is 23.1 Å². The minimum absolute atomic E-state index is 0.181. The van der Waals surface area contributed by atoms with Crippen molar-refractivity contribution in [3.8, 4) is 0 Å². The van der Waals surface area contributed by atoms with Gasteiger partial charge in [0.1, 0.15) is 5.82 Å². The molecule has 2 aromatic heterocycles. The molecule has 1 aliphatic rings. The molecule has 0 bridgehead atoms. The first-order valence-corrected chi connectivity index (χ1v) is 15.6. The third-order valence-corrected chi connectivity index (χ3v) is 9.45. The average molecular weight is 560 g/mol. The SMILES string of the molecule is CCN(CC)S(=O)(=O)c1ccc(C(=O)NCCn2ncc3c(N4CCCCC4)nc(SC(C)C)nc32)cc1. The van der Waals surface area contributed by atoms with Gasteiger partial charge in [-0.1, -0.05) is 39.5 Å². The third kappa shape index (κ3) is 6.29. The Bertz CT molecular complexity index is 1350. The Hall–Kier alpha value is -2.70. The lowest BCUT2D eigenvalue weighted by molar-refractivity contribution is 0.0952. The first-order valence-electron chi connectivity index (χ1n) is 13.3. The number of nitrogens with one attached hydrogen (secondary N) is 1. The zero-order valence-electron chi connectivity index (χ0n) is 22.6. The standard InChI is InChI=1S/C26H37N7O3S2/c1-5-32(6-2)38(35,36)21-12-10-20(11-13-21)25(34)27-14-17-33-24-22(18-28-33)23(31-15-8-7-9-16-31)29-26(30-24)37-19(3)4/h10-13,18-19H,5-9,14-17H2,1-4H3,(H,27,34). The van der Waals surface area contributed by atoms with Gasteiger partial charge in [-0.2, -0.15) is 9.40 Å². The van der Waals surface area contributed by atoms with Gasteiger partial charge in [0.15, 0.2) is 10.8 Å². The number of anilines is 1. The highest BCUT2D eigenvalue weighted by molar-refractivity contribution is 7.99. The van der Waals surface area contributed by atoms with Crippen LogP contribution in [0.15, 0.2) is 40.5 Å². The fourth-order valence-electron chi connectivity index (χ4n) is 4.56. The Morgan fingerprint density at radius 2 is 1.76 bits per heavy atom. The second-order valence-corrected chi connectivity index (χ2v) is 13.0. The minimum Gasteiger partial charge on any atom is -0.356 e. The Morgan fingerprint density at radius 3 is 2.39 bits per heavy atom. The number of carbonyl (C=O) groups excluding carboxylic acids is 1. The molecule has 206 valence electrons. The van der Waals surface area contributed by atoms with Gasteiger partial charge in [-0.3, -0.25) is 4.79 Å². The molecule has 10 nitrogen and oxygen atoms in total. The van der Waals surface area contributed by atoms with Crippen molar-refractivity contribution in [3.05, 3.63) is 36.0 Å². The van der Waals surface area contributed by atoms with Crippen molar-refractivity contribution in [3.63, 3.8) is 0 Å². The fourth-order valence-corrected chi connectivity index (χ4v) is 6.72. The third-order valence-electron chi connectivity index (χ3n) is 6.52. The monoisotopic (exact) mass is 559 g/mol. The molecule has 1 aromatic carbocycles. The van der Waals surface area contributed by atoms with Gasteiger partial charge >= 0.3 is 0 Å². The van der Waals surface area contributed by atoms with Gasteiger partial charge in [0.05, 0.1) is 23.0 Å². The predicted molar refractivity (Wildman–Crippen MR) is 151 cm³/mol. The van der Waals surface area contributed by atoms with Crippen LogP contribution in [0.1, 0.15) is 57.3 Å². The number of piperidine rings is 1. The second kappa shape index (κ2) is 12.4. The summed E-state index contributed by atoms with van der Waals surface area (Å²) in [6.45, 7) is 11.4. The lowest BCUT2D eigenvalue weighted by Crippen LogP contribution is -2.31. The van der Waals surface area contributed by atoms with Crippen molar-refractivity contribution in [2.45, 2.75) is 68.8 Å². The second-order valence-electron chi connectivity index (χ2n) is 9.52. The maximum atomic E-state index is 12.7. The van der Waals surface area contributed by atoms with E-state index in [0.29, 0.717) is 37.0 Å². The van der Waals surface area contributed by atoms with Gasteiger partial charge in [-0.05, 0) is 43.5 Å². The summed E-state index contributed by atoms with van der Waals surface area (Å²) in [6.07, 6.45) is 5.37. The molecule has 0 atom stereocenters. The Morgan fingerprint density at radius 1 is 1.08 bits per heavy atom. The van der Waals surface area contributed by atoms with E-state index in [-0.39, 0.29) is 10.8 Å². The molecule has 12 heteroatoms. The molecule has 1 fully saturated rings. The normalized spacial score (nSPS) is 14.5. The first-order chi connectivity index (χ1) is 18.2. The molecule has 0 unspecified atom stereocenters. The van der Waals surface area contributed by atoms with Crippen molar-refractivity contribution in [2.75, 3.05) is 37.6 Å². The van der Waals surface area contributed by atoms with E-state index in [2.05, 4.69) is 29.2 Å². The van der Waals surface area contributed by atoms with E-state index in [1.54, 1.807) is 37.7 Å². The molecule has 1 amide bonds. The number of aromatic nitrogens is 4. The molecule has 0 radical (unpaired) electrons. The van der Waals surface area contributed by atoms with Crippen LogP contribution in [-0.2, 0) is 16.6 Å². The van der Waals surface area contributed by atoms with Crippen LogP contribution in [0, 0.1) is 0 Å². The molecule has 3 heterocycles. The van der Waals surface area contributed by atoms with Gasteiger partial charge in [0.25, 0.3) is 5.91 Å². The predicted octanol–water partition coefficient (Wildman–Crippen LogP) is 3.78. The number of amides is 1. The molecule has 0 spiro atoms. The highest BCUT2D eigenvalue weighted by Crippen LogP contribution is 2.30. The molecule has 1 N–H and O–H groups in total. The highest BCUT2D eigenvalue weighted by atomic mass is 32.2. The van der Waals surface area contributed by atoms with E-state index >= 15 is 0 Å². The van der Waals surface area contributed by atoms with E-state index in [1.807, 2.05) is 10.9 Å². The smallest absolute Gasteiger partial charge is 0.251 e. The van der Waals surface area contributed by atoms with E-state index in [4.69, 9.17) is 9.97 Å². The number of hydrogen-bond acceptors (Lipinski definition) is 8. The van der Waals surface area contributed by atoms with Crippen LogP contribution in [-0.4, -0.2) is 76.4 Å². The lowest BCUT2D eigenvalue weighted by atomic mass is 10.1. The zero-order valence-corrected chi connectivity index (χ0v) is 24.2. The van der Waals surface area contributed by atoms with Crippen LogP contribution in [0.5, 0.6) is 0 Å². The molecule has 3 aromatic rings. The Balaban J connectivity index is 1.46. The van der Waals surface area contributed by atoms with Crippen LogP contribution in [0.25, 0.3) is 11.0 Å². The summed E-state index contributed by atoms with van der Waals surface area (Å²) in [5.41, 5.74) is 1.17. The maximum Gasteiger partial charge on any atom is 0.251 e. The van der Waals surface area contributed by atoms with Crippen molar-refractivity contribution in [1.82, 2.24) is 29.4 Å². The van der Waals surface area contributed by atoms with Gasteiger partial charge < -0.3 is 10.2 Å². The summed E-state index contributed by atoms with van der Waals surface area (Å²) in [4.78, 5) is 24.9. The van der Waals surface area contributed by atoms with Crippen molar-refractivity contribution in [1.29, 1.82) is 0 Å².